The Balaban J connectivity index is 1.98. The number of rotatable bonds is 4. The minimum atomic E-state index is -0.0755. The molecule has 23 heavy (non-hydrogen) atoms. The van der Waals surface area contributed by atoms with Gasteiger partial charge in [-0.1, -0.05) is 18.5 Å². The van der Waals surface area contributed by atoms with Crippen LogP contribution in [0.5, 0.6) is 5.75 Å². The molecule has 0 fully saturated rings. The van der Waals surface area contributed by atoms with Crippen LogP contribution in [0, 0.1) is 0 Å². The van der Waals surface area contributed by atoms with Gasteiger partial charge in [0.25, 0.3) is 0 Å². The van der Waals surface area contributed by atoms with Gasteiger partial charge in [0.1, 0.15) is 11.3 Å². The number of carbonyl (C=O) groups is 1. The summed E-state index contributed by atoms with van der Waals surface area (Å²) in [4.78, 5) is 16.0. The molecule has 0 bridgehead atoms. The van der Waals surface area contributed by atoms with E-state index in [1.807, 2.05) is 6.92 Å². The number of nitrogens with one attached hydrogen (secondary N) is 1. The van der Waals surface area contributed by atoms with E-state index in [0.29, 0.717) is 33.8 Å². The third kappa shape index (κ3) is 3.29. The zero-order valence-corrected chi connectivity index (χ0v) is 13.2. The van der Waals surface area contributed by atoms with Crippen molar-refractivity contribution in [1.29, 1.82) is 0 Å². The molecule has 5 nitrogen and oxygen atoms in total. The van der Waals surface area contributed by atoms with E-state index in [-0.39, 0.29) is 17.5 Å². The molecule has 1 amide bonds. The highest BCUT2D eigenvalue weighted by Gasteiger charge is 2.14. The molecule has 0 radical (unpaired) electrons. The molecular weight excluding hydrogens is 316 g/mol. The van der Waals surface area contributed by atoms with Gasteiger partial charge in [-0.15, -0.1) is 0 Å². The fraction of sp³-hybridized carbons (Fsp3) is 0.176. The number of halogens is 1. The summed E-state index contributed by atoms with van der Waals surface area (Å²) in [5.74, 6) is 0.219. The zero-order chi connectivity index (χ0) is 16.4. The number of anilines is 1. The maximum atomic E-state index is 11.7. The average molecular weight is 331 g/mol. The molecule has 0 aliphatic carbocycles. The Morgan fingerprint density at radius 3 is 2.91 bits per heavy atom. The van der Waals surface area contributed by atoms with Crippen LogP contribution in [0.4, 0.5) is 5.69 Å². The summed E-state index contributed by atoms with van der Waals surface area (Å²) in [5, 5.41) is 13.4. The molecule has 2 aromatic carbocycles. The first-order valence-electron chi connectivity index (χ1n) is 7.26. The zero-order valence-electron chi connectivity index (χ0n) is 12.5. The molecule has 6 heteroatoms. The topological polar surface area (TPSA) is 75.4 Å². The van der Waals surface area contributed by atoms with Crippen molar-refractivity contribution in [2.75, 3.05) is 5.32 Å². The number of carbonyl (C=O) groups excluding carboxylic acids is 1. The fourth-order valence-corrected chi connectivity index (χ4v) is 2.42. The fourth-order valence-electron chi connectivity index (χ4n) is 2.25. The van der Waals surface area contributed by atoms with E-state index in [2.05, 4.69) is 10.3 Å². The molecule has 3 aromatic rings. The lowest BCUT2D eigenvalue weighted by molar-refractivity contribution is -0.116. The number of phenolic OH excluding ortho intramolecular Hbond substituents is 1. The van der Waals surface area contributed by atoms with E-state index in [9.17, 15) is 9.90 Å². The van der Waals surface area contributed by atoms with E-state index in [0.717, 1.165) is 6.42 Å². The van der Waals surface area contributed by atoms with E-state index in [1.54, 1.807) is 30.3 Å². The molecule has 0 aliphatic rings. The highest BCUT2D eigenvalue weighted by molar-refractivity contribution is 6.31. The third-order valence-corrected chi connectivity index (χ3v) is 3.57. The van der Waals surface area contributed by atoms with Gasteiger partial charge in [0.05, 0.1) is 5.56 Å². The van der Waals surface area contributed by atoms with Gasteiger partial charge in [-0.25, -0.2) is 4.98 Å². The number of benzene rings is 2. The van der Waals surface area contributed by atoms with Crippen molar-refractivity contribution >= 4 is 34.3 Å². The highest BCUT2D eigenvalue weighted by Crippen LogP contribution is 2.33. The van der Waals surface area contributed by atoms with Crippen LogP contribution in [0.2, 0.25) is 5.02 Å². The number of nitrogens with zero attached hydrogens (tertiary/aromatic N) is 1. The molecule has 0 spiro atoms. The van der Waals surface area contributed by atoms with Gasteiger partial charge in [0.2, 0.25) is 11.8 Å². The molecule has 1 heterocycles. The van der Waals surface area contributed by atoms with Crippen molar-refractivity contribution in [2.45, 2.75) is 19.8 Å². The maximum absolute atomic E-state index is 11.7. The van der Waals surface area contributed by atoms with E-state index in [4.69, 9.17) is 16.0 Å². The van der Waals surface area contributed by atoms with E-state index >= 15 is 0 Å². The predicted octanol–water partition coefficient (Wildman–Crippen LogP) is 4.59. The number of hydrogen-bond donors (Lipinski definition) is 2. The summed E-state index contributed by atoms with van der Waals surface area (Å²) in [5.41, 5.74) is 2.17. The van der Waals surface area contributed by atoms with Gasteiger partial charge < -0.3 is 14.8 Å². The van der Waals surface area contributed by atoms with Crippen LogP contribution < -0.4 is 5.32 Å². The SMILES string of the molecule is CCCC(=O)Nc1ccc(O)c(-c2nc3cc(Cl)ccc3o2)c1. The standard InChI is InChI=1S/C17H15ClN2O3/c1-2-3-16(22)19-11-5-6-14(21)12(9-11)17-20-13-8-10(18)4-7-15(13)23-17/h4-9,21H,2-3H2,1H3,(H,19,22). The van der Waals surface area contributed by atoms with Crippen LogP contribution in [-0.2, 0) is 4.79 Å². The summed E-state index contributed by atoms with van der Waals surface area (Å²) in [6, 6.07) is 9.88. The Bertz CT molecular complexity index is 873. The highest BCUT2D eigenvalue weighted by atomic mass is 35.5. The van der Waals surface area contributed by atoms with Crippen LogP contribution in [0.3, 0.4) is 0 Å². The second kappa shape index (κ2) is 6.30. The van der Waals surface area contributed by atoms with Crippen molar-refractivity contribution in [1.82, 2.24) is 4.98 Å². The molecular formula is C17H15ClN2O3. The average Bonchev–Trinajstić information content (AvgIpc) is 2.92. The molecule has 1 aromatic heterocycles. The van der Waals surface area contributed by atoms with Gasteiger partial charge in [-0.05, 0) is 42.8 Å². The van der Waals surface area contributed by atoms with Crippen LogP contribution in [0.25, 0.3) is 22.6 Å². The largest absolute Gasteiger partial charge is 0.507 e. The lowest BCUT2D eigenvalue weighted by Crippen LogP contribution is -2.10. The Kier molecular flexibility index (Phi) is 4.21. The molecule has 3 rings (SSSR count). The smallest absolute Gasteiger partial charge is 0.231 e. The summed E-state index contributed by atoms with van der Waals surface area (Å²) >= 11 is 5.94. The van der Waals surface area contributed by atoms with Gasteiger partial charge >= 0.3 is 0 Å². The normalized spacial score (nSPS) is 10.9. The van der Waals surface area contributed by atoms with Crippen molar-refractivity contribution in [2.24, 2.45) is 0 Å². The number of aromatic hydroxyl groups is 1. The van der Waals surface area contributed by atoms with Gasteiger partial charge in [0.15, 0.2) is 5.58 Å². The summed E-state index contributed by atoms with van der Waals surface area (Å²) in [7, 11) is 0. The Morgan fingerprint density at radius 2 is 2.13 bits per heavy atom. The number of oxazole rings is 1. The van der Waals surface area contributed by atoms with Crippen LogP contribution >= 0.6 is 11.6 Å². The van der Waals surface area contributed by atoms with Crippen LogP contribution in [-0.4, -0.2) is 16.0 Å². The number of phenols is 1. The summed E-state index contributed by atoms with van der Waals surface area (Å²) in [6.07, 6.45) is 1.21. The molecule has 0 atom stereocenters. The number of hydrogen-bond acceptors (Lipinski definition) is 4. The first-order valence-corrected chi connectivity index (χ1v) is 7.64. The second-order valence-corrected chi connectivity index (χ2v) is 5.60. The van der Waals surface area contributed by atoms with Crippen molar-refractivity contribution in [3.8, 4) is 17.2 Å². The Hall–Kier alpha value is -2.53. The third-order valence-electron chi connectivity index (χ3n) is 3.34. The maximum Gasteiger partial charge on any atom is 0.231 e. The molecule has 0 saturated carbocycles. The Morgan fingerprint density at radius 1 is 1.30 bits per heavy atom. The number of fused-ring (bicyclic) bond motifs is 1. The molecule has 0 aliphatic heterocycles. The first kappa shape index (κ1) is 15.4. The molecule has 118 valence electrons. The van der Waals surface area contributed by atoms with E-state index in [1.165, 1.54) is 6.07 Å². The summed E-state index contributed by atoms with van der Waals surface area (Å²) in [6.45, 7) is 1.94. The quantitative estimate of drug-likeness (QED) is 0.686. The monoisotopic (exact) mass is 330 g/mol. The van der Waals surface area contributed by atoms with E-state index < -0.39 is 0 Å². The Labute approximate surface area is 137 Å². The summed E-state index contributed by atoms with van der Waals surface area (Å²) < 4.78 is 5.65. The molecule has 2 N–H and O–H groups in total. The van der Waals surface area contributed by atoms with Gasteiger partial charge in [-0.2, -0.15) is 0 Å². The molecule has 0 saturated heterocycles. The lowest BCUT2D eigenvalue weighted by Gasteiger charge is -2.07. The predicted molar refractivity (Wildman–Crippen MR) is 89.7 cm³/mol. The lowest BCUT2D eigenvalue weighted by atomic mass is 10.1. The minimum Gasteiger partial charge on any atom is -0.507 e. The second-order valence-electron chi connectivity index (χ2n) is 5.16. The van der Waals surface area contributed by atoms with Gasteiger partial charge in [-0.3, -0.25) is 4.79 Å². The van der Waals surface area contributed by atoms with Crippen LogP contribution in [0.15, 0.2) is 40.8 Å². The molecule has 0 unspecified atom stereocenters. The van der Waals surface area contributed by atoms with Crippen molar-refractivity contribution in [3.05, 3.63) is 41.4 Å². The van der Waals surface area contributed by atoms with Crippen molar-refractivity contribution < 1.29 is 14.3 Å². The van der Waals surface area contributed by atoms with Crippen LogP contribution in [0.1, 0.15) is 19.8 Å². The van der Waals surface area contributed by atoms with Gasteiger partial charge in [0, 0.05) is 17.1 Å². The first-order chi connectivity index (χ1) is 11.1. The number of amides is 1. The number of aromatic nitrogens is 1. The van der Waals surface area contributed by atoms with Crippen molar-refractivity contribution in [3.63, 3.8) is 0 Å². The minimum absolute atomic E-state index is 0.0242.